The maximum Gasteiger partial charge on any atom is 0.191 e. The van der Waals surface area contributed by atoms with Gasteiger partial charge in [0.2, 0.25) is 0 Å². The maximum atomic E-state index is 8.92. The lowest BCUT2D eigenvalue weighted by atomic mass is 10.0. The Morgan fingerprint density at radius 3 is 2.52 bits per heavy atom. The molecule has 3 rings (SSSR count). The zero-order valence-electron chi connectivity index (χ0n) is 17.2. The first-order valence-corrected chi connectivity index (χ1v) is 10.1. The van der Waals surface area contributed by atoms with Crippen molar-refractivity contribution in [1.29, 1.82) is 5.26 Å². The smallest absolute Gasteiger partial charge is 0.191 e. The number of guanidine groups is 1. The second-order valence-corrected chi connectivity index (χ2v) is 7.12. The predicted octanol–water partition coefficient (Wildman–Crippen LogP) is 3.07. The van der Waals surface area contributed by atoms with Gasteiger partial charge < -0.3 is 15.4 Å². The summed E-state index contributed by atoms with van der Waals surface area (Å²) in [6, 6.07) is 18.2. The number of nitrogens with zero attached hydrogens (tertiary/aromatic N) is 3. The molecule has 1 aliphatic rings. The van der Waals surface area contributed by atoms with Crippen molar-refractivity contribution in [3.05, 3.63) is 65.2 Å². The van der Waals surface area contributed by atoms with E-state index in [0.717, 1.165) is 36.9 Å². The van der Waals surface area contributed by atoms with Gasteiger partial charge in [0.25, 0.3) is 0 Å². The van der Waals surface area contributed by atoms with Crippen LogP contribution in [0.25, 0.3) is 0 Å². The van der Waals surface area contributed by atoms with Crippen molar-refractivity contribution in [3.8, 4) is 11.8 Å². The molecule has 2 aromatic carbocycles. The molecule has 29 heavy (non-hydrogen) atoms. The fourth-order valence-electron chi connectivity index (χ4n) is 3.73. The Morgan fingerprint density at radius 1 is 1.14 bits per heavy atom. The van der Waals surface area contributed by atoms with Gasteiger partial charge in [0.15, 0.2) is 5.96 Å². The molecule has 0 saturated carbocycles. The van der Waals surface area contributed by atoms with Crippen LogP contribution >= 0.6 is 0 Å². The van der Waals surface area contributed by atoms with Crippen molar-refractivity contribution in [2.45, 2.75) is 25.4 Å². The molecular weight excluding hydrogens is 362 g/mol. The van der Waals surface area contributed by atoms with Gasteiger partial charge in [-0.05, 0) is 49.7 Å². The van der Waals surface area contributed by atoms with Gasteiger partial charge in [-0.1, -0.05) is 30.3 Å². The molecule has 1 heterocycles. The lowest BCUT2D eigenvalue weighted by Crippen LogP contribution is -2.42. The van der Waals surface area contributed by atoms with E-state index in [1.54, 1.807) is 14.2 Å². The van der Waals surface area contributed by atoms with E-state index in [1.807, 2.05) is 36.4 Å². The van der Waals surface area contributed by atoms with Crippen LogP contribution < -0.4 is 15.4 Å². The summed E-state index contributed by atoms with van der Waals surface area (Å²) in [6.45, 7) is 3.59. The highest BCUT2D eigenvalue weighted by Gasteiger charge is 2.25. The average Bonchev–Trinajstić information content (AvgIpc) is 3.31. The molecule has 1 saturated heterocycles. The Kier molecular flexibility index (Phi) is 7.48. The van der Waals surface area contributed by atoms with Crippen molar-refractivity contribution in [2.75, 3.05) is 33.8 Å². The summed E-state index contributed by atoms with van der Waals surface area (Å²) in [6.07, 6.45) is 2.47. The highest BCUT2D eigenvalue weighted by molar-refractivity contribution is 5.79. The van der Waals surface area contributed by atoms with Gasteiger partial charge >= 0.3 is 0 Å². The quantitative estimate of drug-likeness (QED) is 0.561. The number of benzene rings is 2. The monoisotopic (exact) mass is 391 g/mol. The minimum Gasteiger partial charge on any atom is -0.496 e. The van der Waals surface area contributed by atoms with Crippen molar-refractivity contribution in [2.24, 2.45) is 4.99 Å². The number of hydrogen-bond donors (Lipinski definition) is 2. The third-order valence-corrected chi connectivity index (χ3v) is 5.31. The Balaban J connectivity index is 1.64. The van der Waals surface area contributed by atoms with Crippen LogP contribution in [0.1, 0.15) is 35.6 Å². The van der Waals surface area contributed by atoms with Gasteiger partial charge in [-0.2, -0.15) is 5.26 Å². The molecule has 0 bridgehead atoms. The summed E-state index contributed by atoms with van der Waals surface area (Å²) in [5.74, 6) is 1.68. The van der Waals surface area contributed by atoms with E-state index in [2.05, 4.69) is 38.7 Å². The molecule has 1 atom stereocenters. The van der Waals surface area contributed by atoms with Crippen molar-refractivity contribution in [3.63, 3.8) is 0 Å². The van der Waals surface area contributed by atoms with Crippen molar-refractivity contribution in [1.82, 2.24) is 15.5 Å². The molecular formula is C23H29N5O. The Hall–Kier alpha value is -3.04. The molecule has 152 valence electrons. The standard InChI is InChI=1S/C23H29N5O/c1-25-23(26-16-19-11-9-18(15-24)10-12-19)27-17-21(28-13-5-6-14-28)20-7-3-4-8-22(20)29-2/h3-4,7-12,21H,5-6,13-14,16-17H2,1-2H3,(H2,25,26,27). The Morgan fingerprint density at radius 2 is 1.86 bits per heavy atom. The molecule has 0 radical (unpaired) electrons. The summed E-state index contributed by atoms with van der Waals surface area (Å²) in [4.78, 5) is 6.88. The summed E-state index contributed by atoms with van der Waals surface area (Å²) in [5.41, 5.74) is 2.97. The van der Waals surface area contributed by atoms with Crippen LogP contribution in [0, 0.1) is 11.3 Å². The van der Waals surface area contributed by atoms with Crippen LogP contribution in [0.2, 0.25) is 0 Å². The molecule has 6 nitrogen and oxygen atoms in total. The Labute approximate surface area is 173 Å². The lowest BCUT2D eigenvalue weighted by molar-refractivity contribution is 0.239. The molecule has 0 aromatic heterocycles. The predicted molar refractivity (Wildman–Crippen MR) is 116 cm³/mol. The molecule has 0 amide bonds. The van der Waals surface area contributed by atoms with E-state index in [0.29, 0.717) is 12.1 Å². The summed E-state index contributed by atoms with van der Waals surface area (Å²) in [7, 11) is 3.51. The largest absolute Gasteiger partial charge is 0.496 e. The van der Waals surface area contributed by atoms with Crippen LogP contribution in [-0.4, -0.2) is 44.7 Å². The number of aliphatic imine (C=N–C) groups is 1. The normalized spacial score (nSPS) is 15.6. The van der Waals surface area contributed by atoms with Crippen LogP contribution in [0.5, 0.6) is 5.75 Å². The Bertz CT molecular complexity index is 850. The number of ether oxygens (including phenoxy) is 1. The molecule has 0 spiro atoms. The highest BCUT2D eigenvalue weighted by atomic mass is 16.5. The topological polar surface area (TPSA) is 72.7 Å². The highest BCUT2D eigenvalue weighted by Crippen LogP contribution is 2.31. The number of nitrogens with one attached hydrogen (secondary N) is 2. The van der Waals surface area contributed by atoms with Gasteiger partial charge in [0.05, 0.1) is 24.8 Å². The van der Waals surface area contributed by atoms with E-state index in [1.165, 1.54) is 18.4 Å². The van der Waals surface area contributed by atoms with Crippen LogP contribution in [0.3, 0.4) is 0 Å². The first-order valence-electron chi connectivity index (χ1n) is 10.1. The minimum absolute atomic E-state index is 0.224. The van der Waals surface area contributed by atoms with E-state index < -0.39 is 0 Å². The van der Waals surface area contributed by atoms with Crippen molar-refractivity contribution < 1.29 is 4.74 Å². The third-order valence-electron chi connectivity index (χ3n) is 5.31. The van der Waals surface area contributed by atoms with E-state index >= 15 is 0 Å². The molecule has 6 heteroatoms. The fourth-order valence-corrected chi connectivity index (χ4v) is 3.73. The number of rotatable bonds is 7. The molecule has 0 aliphatic carbocycles. The fraction of sp³-hybridized carbons (Fsp3) is 0.391. The van der Waals surface area contributed by atoms with Gasteiger partial charge in [-0.15, -0.1) is 0 Å². The molecule has 1 fully saturated rings. The van der Waals surface area contributed by atoms with E-state index in [9.17, 15) is 0 Å². The van der Waals surface area contributed by atoms with Gasteiger partial charge in [0, 0.05) is 25.7 Å². The van der Waals surface area contributed by atoms with Crippen molar-refractivity contribution >= 4 is 5.96 Å². The number of para-hydroxylation sites is 1. The van der Waals surface area contributed by atoms with E-state index in [4.69, 9.17) is 10.00 Å². The first kappa shape index (κ1) is 20.7. The van der Waals surface area contributed by atoms with Gasteiger partial charge in [0.1, 0.15) is 5.75 Å². The number of methoxy groups -OCH3 is 1. The number of nitriles is 1. The SMILES string of the molecule is CN=C(NCc1ccc(C#N)cc1)NCC(c1ccccc1OC)N1CCCC1. The van der Waals surface area contributed by atoms with Crippen LogP contribution in [0.4, 0.5) is 0 Å². The first-order chi connectivity index (χ1) is 14.2. The second-order valence-electron chi connectivity index (χ2n) is 7.12. The summed E-state index contributed by atoms with van der Waals surface area (Å²) < 4.78 is 5.62. The van der Waals surface area contributed by atoms with Crippen LogP contribution in [0.15, 0.2) is 53.5 Å². The lowest BCUT2D eigenvalue weighted by Gasteiger charge is -2.30. The zero-order chi connectivity index (χ0) is 20.5. The molecule has 1 unspecified atom stereocenters. The number of likely N-dealkylation sites (tertiary alicyclic amines) is 1. The summed E-state index contributed by atoms with van der Waals surface area (Å²) >= 11 is 0. The average molecular weight is 392 g/mol. The summed E-state index contributed by atoms with van der Waals surface area (Å²) in [5, 5.41) is 15.8. The molecule has 1 aliphatic heterocycles. The van der Waals surface area contributed by atoms with E-state index in [-0.39, 0.29) is 6.04 Å². The molecule has 2 N–H and O–H groups in total. The maximum absolute atomic E-state index is 8.92. The second kappa shape index (κ2) is 10.5. The van der Waals surface area contributed by atoms with Gasteiger partial charge in [-0.3, -0.25) is 9.89 Å². The number of hydrogen-bond acceptors (Lipinski definition) is 4. The minimum atomic E-state index is 0.224. The third kappa shape index (κ3) is 5.49. The van der Waals surface area contributed by atoms with Gasteiger partial charge in [-0.25, -0.2) is 0 Å². The molecule has 2 aromatic rings. The van der Waals surface area contributed by atoms with Crippen LogP contribution in [-0.2, 0) is 6.54 Å². The zero-order valence-corrected chi connectivity index (χ0v) is 17.2.